The molecule has 80 valence electrons. The number of aromatic nitrogens is 2. The first-order valence-corrected chi connectivity index (χ1v) is 6.15. The van der Waals surface area contributed by atoms with Crippen molar-refractivity contribution in [3.63, 3.8) is 0 Å². The maximum Gasteiger partial charge on any atom is 0.203 e. The highest BCUT2D eigenvalue weighted by Crippen LogP contribution is 2.19. The fraction of sp³-hybridized carbons (Fsp3) is 0.700. The zero-order valence-corrected chi connectivity index (χ0v) is 10.2. The van der Waals surface area contributed by atoms with Crippen molar-refractivity contribution < 1.29 is 0 Å². The number of rotatable bonds is 5. The van der Waals surface area contributed by atoms with E-state index in [4.69, 9.17) is 0 Å². The van der Waals surface area contributed by atoms with Crippen LogP contribution in [0, 0.1) is 6.92 Å². The number of hydrogen-bond acceptors (Lipinski definition) is 3. The van der Waals surface area contributed by atoms with Gasteiger partial charge in [-0.05, 0) is 19.6 Å². The van der Waals surface area contributed by atoms with Crippen molar-refractivity contribution in [2.24, 2.45) is 0 Å². The smallest absolute Gasteiger partial charge is 0.203 e. The molecule has 0 aromatic carbocycles. The topological polar surface area (TPSA) is 29.9 Å². The number of anilines is 1. The molecule has 0 aliphatic carbocycles. The molecule has 1 aromatic rings. The van der Waals surface area contributed by atoms with Crippen LogP contribution in [0.25, 0.3) is 0 Å². The lowest BCUT2D eigenvalue weighted by Gasteiger charge is -2.14. The van der Waals surface area contributed by atoms with E-state index in [-0.39, 0.29) is 0 Å². The van der Waals surface area contributed by atoms with Gasteiger partial charge >= 0.3 is 0 Å². The quantitative estimate of drug-likeness (QED) is 0.815. The zero-order valence-electron chi connectivity index (χ0n) is 9.37. The van der Waals surface area contributed by atoms with Crippen LogP contribution in [0.5, 0.6) is 0 Å². The highest BCUT2D eigenvalue weighted by molar-refractivity contribution is 7.99. The van der Waals surface area contributed by atoms with Gasteiger partial charge in [0.05, 0.1) is 5.69 Å². The third-order valence-corrected chi connectivity index (χ3v) is 3.24. The molecule has 0 saturated heterocycles. The van der Waals surface area contributed by atoms with Gasteiger partial charge in [0.25, 0.3) is 0 Å². The lowest BCUT2D eigenvalue weighted by molar-refractivity contribution is 0.616. The molecule has 1 unspecified atom stereocenters. The predicted octanol–water partition coefficient (Wildman–Crippen LogP) is 2.55. The monoisotopic (exact) mass is 213 g/mol. The summed E-state index contributed by atoms with van der Waals surface area (Å²) in [5, 5.41) is 3.12. The van der Waals surface area contributed by atoms with E-state index < -0.39 is 0 Å². The van der Waals surface area contributed by atoms with Crippen molar-refractivity contribution in [2.75, 3.05) is 23.9 Å². The van der Waals surface area contributed by atoms with Gasteiger partial charge < -0.3 is 9.88 Å². The minimum absolute atomic E-state index is 0.503. The third kappa shape index (κ3) is 2.67. The Bertz CT molecular complexity index is 283. The van der Waals surface area contributed by atoms with E-state index in [0.717, 1.165) is 17.4 Å². The molecule has 0 fully saturated rings. The second kappa shape index (κ2) is 5.29. The molecule has 0 spiro atoms. The van der Waals surface area contributed by atoms with Crippen molar-refractivity contribution >= 4 is 17.7 Å². The first-order valence-electron chi connectivity index (χ1n) is 5.00. The van der Waals surface area contributed by atoms with E-state index in [0.29, 0.717) is 6.04 Å². The summed E-state index contributed by atoms with van der Waals surface area (Å²) < 4.78 is 2.21. The number of aryl methyl sites for hydroxylation is 1. The summed E-state index contributed by atoms with van der Waals surface area (Å²) in [6.45, 7) is 6.44. The van der Waals surface area contributed by atoms with Crippen LogP contribution in [-0.4, -0.2) is 28.1 Å². The van der Waals surface area contributed by atoms with Crippen LogP contribution in [0.3, 0.4) is 0 Å². The summed E-state index contributed by atoms with van der Waals surface area (Å²) in [4.78, 5) is 4.40. The Morgan fingerprint density at radius 1 is 1.64 bits per heavy atom. The van der Waals surface area contributed by atoms with E-state index in [9.17, 15) is 0 Å². The van der Waals surface area contributed by atoms with Gasteiger partial charge in [-0.2, -0.15) is 11.8 Å². The Labute approximate surface area is 90.3 Å². The summed E-state index contributed by atoms with van der Waals surface area (Å²) in [6, 6.07) is 0.503. The molecule has 1 rings (SSSR count). The van der Waals surface area contributed by atoms with E-state index in [1.807, 2.05) is 25.7 Å². The van der Waals surface area contributed by atoms with Gasteiger partial charge in [-0.1, -0.05) is 6.92 Å². The maximum atomic E-state index is 4.40. The number of imidazole rings is 1. The standard InChI is InChI=1S/C10H19N3S/c1-5-14-7-9(3)13-6-8(2)12-10(13)11-4/h6,9H,5,7H2,1-4H3,(H,11,12). The maximum absolute atomic E-state index is 4.40. The van der Waals surface area contributed by atoms with Crippen LogP contribution >= 0.6 is 11.8 Å². The van der Waals surface area contributed by atoms with Crippen molar-refractivity contribution in [1.82, 2.24) is 9.55 Å². The summed E-state index contributed by atoms with van der Waals surface area (Å²) in [6.07, 6.45) is 2.10. The fourth-order valence-corrected chi connectivity index (χ4v) is 2.14. The van der Waals surface area contributed by atoms with Crippen LogP contribution in [0.2, 0.25) is 0 Å². The van der Waals surface area contributed by atoms with Crippen molar-refractivity contribution in [3.8, 4) is 0 Å². The van der Waals surface area contributed by atoms with E-state index in [2.05, 4.69) is 34.9 Å². The van der Waals surface area contributed by atoms with E-state index in [1.54, 1.807) is 0 Å². The zero-order chi connectivity index (χ0) is 10.6. The number of nitrogens with one attached hydrogen (secondary N) is 1. The van der Waals surface area contributed by atoms with Gasteiger partial charge in [-0.25, -0.2) is 4.98 Å². The van der Waals surface area contributed by atoms with E-state index >= 15 is 0 Å². The summed E-state index contributed by atoms with van der Waals surface area (Å²) in [5.74, 6) is 3.28. The Kier molecular flexibility index (Phi) is 4.32. The van der Waals surface area contributed by atoms with Gasteiger partial charge in [0.1, 0.15) is 0 Å². The Hall–Kier alpha value is -0.640. The van der Waals surface area contributed by atoms with Crippen LogP contribution in [0.1, 0.15) is 25.6 Å². The average Bonchev–Trinajstić information content (AvgIpc) is 2.56. The number of hydrogen-bond donors (Lipinski definition) is 1. The molecule has 14 heavy (non-hydrogen) atoms. The molecule has 3 nitrogen and oxygen atoms in total. The minimum Gasteiger partial charge on any atom is -0.359 e. The molecule has 1 atom stereocenters. The molecule has 4 heteroatoms. The van der Waals surface area contributed by atoms with Gasteiger partial charge in [-0.15, -0.1) is 0 Å². The first kappa shape index (κ1) is 11.4. The van der Waals surface area contributed by atoms with Crippen LogP contribution in [-0.2, 0) is 0 Å². The Balaban J connectivity index is 2.72. The lowest BCUT2D eigenvalue weighted by Crippen LogP contribution is -2.10. The summed E-state index contributed by atoms with van der Waals surface area (Å²) >= 11 is 1.96. The largest absolute Gasteiger partial charge is 0.359 e. The predicted molar refractivity (Wildman–Crippen MR) is 64.2 cm³/mol. The normalized spacial score (nSPS) is 12.9. The van der Waals surface area contributed by atoms with Crippen molar-refractivity contribution in [3.05, 3.63) is 11.9 Å². The molecule has 0 aliphatic heterocycles. The van der Waals surface area contributed by atoms with Gasteiger partial charge in [0, 0.05) is 25.0 Å². The Morgan fingerprint density at radius 3 is 2.93 bits per heavy atom. The molecule has 0 bridgehead atoms. The van der Waals surface area contributed by atoms with Crippen molar-refractivity contribution in [2.45, 2.75) is 26.8 Å². The van der Waals surface area contributed by atoms with Gasteiger partial charge in [0.2, 0.25) is 5.95 Å². The minimum atomic E-state index is 0.503. The molecular formula is C10H19N3S. The lowest BCUT2D eigenvalue weighted by atomic mass is 10.4. The number of nitrogens with zero attached hydrogens (tertiary/aromatic N) is 2. The fourth-order valence-electron chi connectivity index (χ4n) is 1.41. The van der Waals surface area contributed by atoms with Gasteiger partial charge in [-0.3, -0.25) is 0 Å². The first-order chi connectivity index (χ1) is 6.69. The second-order valence-corrected chi connectivity index (χ2v) is 4.69. The van der Waals surface area contributed by atoms with Crippen LogP contribution in [0.4, 0.5) is 5.95 Å². The molecule has 1 aromatic heterocycles. The summed E-state index contributed by atoms with van der Waals surface area (Å²) in [7, 11) is 1.91. The Morgan fingerprint density at radius 2 is 2.36 bits per heavy atom. The highest BCUT2D eigenvalue weighted by atomic mass is 32.2. The van der Waals surface area contributed by atoms with Crippen LogP contribution in [0.15, 0.2) is 6.20 Å². The summed E-state index contributed by atoms with van der Waals surface area (Å²) in [5.41, 5.74) is 1.07. The number of thioether (sulfide) groups is 1. The second-order valence-electron chi connectivity index (χ2n) is 3.37. The SMILES string of the molecule is CCSCC(C)n1cc(C)nc1NC. The van der Waals surface area contributed by atoms with Crippen LogP contribution < -0.4 is 5.32 Å². The molecule has 0 radical (unpaired) electrons. The molecule has 0 amide bonds. The molecule has 0 aliphatic rings. The van der Waals surface area contributed by atoms with Gasteiger partial charge in [0.15, 0.2) is 0 Å². The van der Waals surface area contributed by atoms with E-state index in [1.165, 1.54) is 5.75 Å². The third-order valence-electron chi connectivity index (χ3n) is 2.11. The average molecular weight is 213 g/mol. The molecule has 0 saturated carbocycles. The highest BCUT2D eigenvalue weighted by Gasteiger charge is 2.09. The van der Waals surface area contributed by atoms with Crippen molar-refractivity contribution in [1.29, 1.82) is 0 Å². The molecule has 1 N–H and O–H groups in total. The molecule has 1 heterocycles. The molecular weight excluding hydrogens is 194 g/mol.